The van der Waals surface area contributed by atoms with E-state index in [0.29, 0.717) is 12.6 Å². The molecule has 1 aromatic rings. The first kappa shape index (κ1) is 12.5. The molecule has 0 spiro atoms. The minimum absolute atomic E-state index is 0.267. The second-order valence-electron chi connectivity index (χ2n) is 3.52. The van der Waals surface area contributed by atoms with Crippen LogP contribution in [0.1, 0.15) is 12.5 Å². The van der Waals surface area contributed by atoms with Crippen molar-refractivity contribution < 1.29 is 9.84 Å². The molecule has 0 heterocycles. The van der Waals surface area contributed by atoms with Gasteiger partial charge in [-0.2, -0.15) is 0 Å². The van der Waals surface area contributed by atoms with Gasteiger partial charge >= 0.3 is 0 Å². The van der Waals surface area contributed by atoms with Crippen molar-refractivity contribution in [2.45, 2.75) is 19.5 Å². The highest BCUT2D eigenvalue weighted by atomic mass is 79.9. The minimum atomic E-state index is 0.267. The summed E-state index contributed by atoms with van der Waals surface area (Å²) in [5, 5.41) is 12.6. The van der Waals surface area contributed by atoms with Crippen LogP contribution in [0, 0.1) is 0 Å². The zero-order valence-electron chi connectivity index (χ0n) is 8.96. The zero-order chi connectivity index (χ0) is 11.3. The standard InChI is InChI=1S/C11H16BrNO2/c1-8(7-15-2)13-6-9-3-4-11(14)10(12)5-9/h3-5,8,13-14H,6-7H2,1-2H3. The molecule has 0 saturated carbocycles. The second kappa shape index (κ2) is 6.10. The number of hydrogen-bond acceptors (Lipinski definition) is 3. The van der Waals surface area contributed by atoms with Crippen molar-refractivity contribution in [2.75, 3.05) is 13.7 Å². The third kappa shape index (κ3) is 4.20. The van der Waals surface area contributed by atoms with E-state index >= 15 is 0 Å². The molecule has 0 aliphatic heterocycles. The highest BCUT2D eigenvalue weighted by Crippen LogP contribution is 2.24. The van der Waals surface area contributed by atoms with Crippen molar-refractivity contribution in [1.82, 2.24) is 5.32 Å². The third-order valence-corrected chi connectivity index (χ3v) is 2.72. The lowest BCUT2D eigenvalue weighted by Crippen LogP contribution is -2.29. The number of hydrogen-bond donors (Lipinski definition) is 2. The van der Waals surface area contributed by atoms with Crippen LogP contribution in [0.3, 0.4) is 0 Å². The molecule has 1 atom stereocenters. The molecule has 1 rings (SSSR count). The van der Waals surface area contributed by atoms with E-state index in [1.807, 2.05) is 12.1 Å². The SMILES string of the molecule is COCC(C)NCc1ccc(O)c(Br)c1. The molecular formula is C11H16BrNO2. The lowest BCUT2D eigenvalue weighted by atomic mass is 10.2. The van der Waals surface area contributed by atoms with Gasteiger partial charge in [0.25, 0.3) is 0 Å². The van der Waals surface area contributed by atoms with Gasteiger partial charge in [-0.25, -0.2) is 0 Å². The van der Waals surface area contributed by atoms with Gasteiger partial charge in [-0.05, 0) is 40.5 Å². The van der Waals surface area contributed by atoms with Gasteiger partial charge < -0.3 is 15.2 Å². The van der Waals surface area contributed by atoms with Crippen LogP contribution in [-0.2, 0) is 11.3 Å². The Balaban J connectivity index is 2.47. The molecule has 4 heteroatoms. The average Bonchev–Trinajstić information content (AvgIpc) is 2.20. The molecule has 1 unspecified atom stereocenters. The molecule has 2 N–H and O–H groups in total. The first-order chi connectivity index (χ1) is 7.13. The molecular weight excluding hydrogens is 258 g/mol. The molecule has 15 heavy (non-hydrogen) atoms. The maximum absolute atomic E-state index is 9.32. The number of benzene rings is 1. The van der Waals surface area contributed by atoms with Gasteiger partial charge in [-0.1, -0.05) is 6.07 Å². The van der Waals surface area contributed by atoms with Crippen molar-refractivity contribution in [3.8, 4) is 5.75 Å². The van der Waals surface area contributed by atoms with Crippen LogP contribution in [0.5, 0.6) is 5.75 Å². The van der Waals surface area contributed by atoms with Crippen LogP contribution in [0.15, 0.2) is 22.7 Å². The molecule has 0 aliphatic carbocycles. The Kier molecular flexibility index (Phi) is 5.08. The quantitative estimate of drug-likeness (QED) is 0.865. The number of methoxy groups -OCH3 is 1. The molecule has 1 aromatic carbocycles. The summed E-state index contributed by atoms with van der Waals surface area (Å²) in [5.74, 6) is 0.267. The fourth-order valence-corrected chi connectivity index (χ4v) is 1.69. The Morgan fingerprint density at radius 3 is 2.87 bits per heavy atom. The summed E-state index contributed by atoms with van der Waals surface area (Å²) >= 11 is 3.28. The number of rotatable bonds is 5. The Hall–Kier alpha value is -0.580. The minimum Gasteiger partial charge on any atom is -0.507 e. The summed E-state index contributed by atoms with van der Waals surface area (Å²) in [5.41, 5.74) is 1.13. The summed E-state index contributed by atoms with van der Waals surface area (Å²) in [6, 6.07) is 5.80. The van der Waals surface area contributed by atoms with E-state index in [2.05, 4.69) is 28.2 Å². The molecule has 0 radical (unpaired) electrons. The maximum atomic E-state index is 9.32. The lowest BCUT2D eigenvalue weighted by Gasteiger charge is -2.12. The first-order valence-corrected chi connectivity index (χ1v) is 5.62. The van der Waals surface area contributed by atoms with Crippen molar-refractivity contribution in [3.63, 3.8) is 0 Å². The van der Waals surface area contributed by atoms with E-state index < -0.39 is 0 Å². The number of halogens is 1. The molecule has 0 aliphatic rings. The molecule has 0 amide bonds. The van der Waals surface area contributed by atoms with E-state index in [4.69, 9.17) is 4.74 Å². The van der Waals surface area contributed by atoms with Crippen LogP contribution >= 0.6 is 15.9 Å². The van der Waals surface area contributed by atoms with Gasteiger partial charge in [-0.3, -0.25) is 0 Å². The lowest BCUT2D eigenvalue weighted by molar-refractivity contribution is 0.171. The number of aromatic hydroxyl groups is 1. The van der Waals surface area contributed by atoms with Crippen LogP contribution < -0.4 is 5.32 Å². The smallest absolute Gasteiger partial charge is 0.129 e. The van der Waals surface area contributed by atoms with Gasteiger partial charge in [0.1, 0.15) is 5.75 Å². The van der Waals surface area contributed by atoms with E-state index in [0.717, 1.165) is 16.6 Å². The fraction of sp³-hybridized carbons (Fsp3) is 0.455. The molecule has 0 saturated heterocycles. The van der Waals surface area contributed by atoms with Crippen molar-refractivity contribution in [3.05, 3.63) is 28.2 Å². The van der Waals surface area contributed by atoms with E-state index in [-0.39, 0.29) is 5.75 Å². The number of phenolic OH excluding ortho intramolecular Hbond substituents is 1. The molecule has 3 nitrogen and oxygen atoms in total. The van der Waals surface area contributed by atoms with Crippen LogP contribution in [0.25, 0.3) is 0 Å². The van der Waals surface area contributed by atoms with Crippen LogP contribution in [0.2, 0.25) is 0 Å². The topological polar surface area (TPSA) is 41.5 Å². The Morgan fingerprint density at radius 1 is 1.53 bits per heavy atom. The van der Waals surface area contributed by atoms with E-state index in [1.165, 1.54) is 0 Å². The monoisotopic (exact) mass is 273 g/mol. The van der Waals surface area contributed by atoms with E-state index in [9.17, 15) is 5.11 Å². The van der Waals surface area contributed by atoms with Crippen molar-refractivity contribution in [1.29, 1.82) is 0 Å². The fourth-order valence-electron chi connectivity index (χ4n) is 1.26. The zero-order valence-corrected chi connectivity index (χ0v) is 10.5. The predicted octanol–water partition coefficient (Wildman–Crippen LogP) is 2.28. The molecule has 0 aromatic heterocycles. The second-order valence-corrected chi connectivity index (χ2v) is 4.38. The van der Waals surface area contributed by atoms with Gasteiger partial charge in [0, 0.05) is 19.7 Å². The van der Waals surface area contributed by atoms with Crippen LogP contribution in [0.4, 0.5) is 0 Å². The van der Waals surface area contributed by atoms with Gasteiger partial charge in [0.05, 0.1) is 11.1 Å². The highest BCUT2D eigenvalue weighted by molar-refractivity contribution is 9.10. The number of phenols is 1. The van der Waals surface area contributed by atoms with Crippen molar-refractivity contribution in [2.24, 2.45) is 0 Å². The predicted molar refractivity (Wildman–Crippen MR) is 64.0 cm³/mol. The average molecular weight is 274 g/mol. The summed E-state index contributed by atoms with van der Waals surface area (Å²) in [4.78, 5) is 0. The van der Waals surface area contributed by atoms with Gasteiger partial charge in [0.2, 0.25) is 0 Å². The molecule has 84 valence electrons. The number of ether oxygens (including phenoxy) is 1. The van der Waals surface area contributed by atoms with Crippen LogP contribution in [-0.4, -0.2) is 24.9 Å². The summed E-state index contributed by atoms with van der Waals surface area (Å²) in [7, 11) is 1.69. The summed E-state index contributed by atoms with van der Waals surface area (Å²) < 4.78 is 5.75. The van der Waals surface area contributed by atoms with Crippen molar-refractivity contribution >= 4 is 15.9 Å². The summed E-state index contributed by atoms with van der Waals surface area (Å²) in [6.45, 7) is 3.53. The number of nitrogens with one attached hydrogen (secondary N) is 1. The van der Waals surface area contributed by atoms with E-state index in [1.54, 1.807) is 13.2 Å². The third-order valence-electron chi connectivity index (χ3n) is 2.08. The maximum Gasteiger partial charge on any atom is 0.129 e. The largest absolute Gasteiger partial charge is 0.507 e. The Labute approximate surface area is 98.6 Å². The first-order valence-electron chi connectivity index (χ1n) is 4.83. The Morgan fingerprint density at radius 2 is 2.27 bits per heavy atom. The van der Waals surface area contributed by atoms with Gasteiger partial charge in [0.15, 0.2) is 0 Å². The normalized spacial score (nSPS) is 12.7. The van der Waals surface area contributed by atoms with Gasteiger partial charge in [-0.15, -0.1) is 0 Å². The summed E-state index contributed by atoms with van der Waals surface area (Å²) in [6.07, 6.45) is 0. The Bertz CT molecular complexity index is 317. The highest BCUT2D eigenvalue weighted by Gasteiger charge is 2.02. The molecule has 0 bridgehead atoms. The molecule has 0 fully saturated rings.